The lowest BCUT2D eigenvalue weighted by Crippen LogP contribution is -2.31. The summed E-state index contributed by atoms with van der Waals surface area (Å²) in [7, 11) is 0. The average molecular weight is 186 g/mol. The molecule has 0 aromatic heterocycles. The summed E-state index contributed by atoms with van der Waals surface area (Å²) < 4.78 is 5.65. The van der Waals surface area contributed by atoms with Crippen LogP contribution in [0, 0.1) is 0 Å². The van der Waals surface area contributed by atoms with Crippen LogP contribution in [0.2, 0.25) is 0 Å². The van der Waals surface area contributed by atoms with Crippen LogP contribution in [0.15, 0.2) is 11.6 Å². The third-order valence-electron chi connectivity index (χ3n) is 2.61. The molecule has 1 aliphatic rings. The number of hydrogen-bond acceptors (Lipinski definition) is 3. The van der Waals surface area contributed by atoms with Crippen molar-refractivity contribution in [3.63, 3.8) is 0 Å². The summed E-state index contributed by atoms with van der Waals surface area (Å²) >= 11 is 0. The van der Waals surface area contributed by atoms with E-state index in [1.54, 1.807) is 6.08 Å². The SMILES string of the molecule is C/C(=C\CO)[C@H]1C[C@H](O)C(C)(C)O1. The van der Waals surface area contributed by atoms with Gasteiger partial charge in [0.05, 0.1) is 24.4 Å². The van der Waals surface area contributed by atoms with Crippen molar-refractivity contribution >= 4 is 0 Å². The van der Waals surface area contributed by atoms with Crippen LogP contribution < -0.4 is 0 Å². The molecule has 1 rings (SSSR count). The molecule has 2 N–H and O–H groups in total. The van der Waals surface area contributed by atoms with E-state index in [2.05, 4.69) is 0 Å². The van der Waals surface area contributed by atoms with Gasteiger partial charge in [0.1, 0.15) is 0 Å². The minimum Gasteiger partial charge on any atom is -0.392 e. The lowest BCUT2D eigenvalue weighted by Gasteiger charge is -2.22. The van der Waals surface area contributed by atoms with Crippen molar-refractivity contribution in [2.75, 3.05) is 6.61 Å². The maximum Gasteiger partial charge on any atom is 0.0893 e. The Bertz CT molecular complexity index is 208. The predicted molar refractivity (Wildman–Crippen MR) is 50.4 cm³/mol. The smallest absolute Gasteiger partial charge is 0.0893 e. The number of hydrogen-bond donors (Lipinski definition) is 2. The highest BCUT2D eigenvalue weighted by molar-refractivity contribution is 5.10. The van der Waals surface area contributed by atoms with Crippen LogP contribution in [0.25, 0.3) is 0 Å². The molecule has 1 fully saturated rings. The summed E-state index contributed by atoms with van der Waals surface area (Å²) in [4.78, 5) is 0. The van der Waals surface area contributed by atoms with E-state index in [4.69, 9.17) is 9.84 Å². The van der Waals surface area contributed by atoms with Crippen molar-refractivity contribution in [2.45, 2.75) is 45.0 Å². The van der Waals surface area contributed by atoms with E-state index in [0.29, 0.717) is 6.42 Å². The van der Waals surface area contributed by atoms with Crippen molar-refractivity contribution in [1.29, 1.82) is 0 Å². The van der Waals surface area contributed by atoms with Crippen LogP contribution in [0.3, 0.4) is 0 Å². The average Bonchev–Trinajstić information content (AvgIpc) is 2.27. The molecule has 0 bridgehead atoms. The zero-order valence-corrected chi connectivity index (χ0v) is 8.45. The van der Waals surface area contributed by atoms with Gasteiger partial charge in [-0.15, -0.1) is 0 Å². The van der Waals surface area contributed by atoms with Crippen molar-refractivity contribution in [3.8, 4) is 0 Å². The van der Waals surface area contributed by atoms with Gasteiger partial charge in [-0.25, -0.2) is 0 Å². The minimum atomic E-state index is -0.463. The van der Waals surface area contributed by atoms with Gasteiger partial charge in [-0.3, -0.25) is 0 Å². The Morgan fingerprint density at radius 2 is 2.23 bits per heavy atom. The molecule has 0 radical (unpaired) electrons. The van der Waals surface area contributed by atoms with Gasteiger partial charge in [0, 0.05) is 6.42 Å². The van der Waals surface area contributed by atoms with Gasteiger partial charge in [0.2, 0.25) is 0 Å². The molecular formula is C10H18O3. The van der Waals surface area contributed by atoms with Gasteiger partial charge in [-0.2, -0.15) is 0 Å². The summed E-state index contributed by atoms with van der Waals surface area (Å²) in [6.45, 7) is 5.70. The fourth-order valence-electron chi connectivity index (χ4n) is 1.53. The quantitative estimate of drug-likeness (QED) is 0.629. The maximum absolute atomic E-state index is 9.63. The Morgan fingerprint density at radius 1 is 1.62 bits per heavy atom. The Balaban J connectivity index is 2.63. The van der Waals surface area contributed by atoms with Gasteiger partial charge < -0.3 is 14.9 Å². The van der Waals surface area contributed by atoms with E-state index < -0.39 is 11.7 Å². The standard InChI is InChI=1S/C10H18O3/c1-7(4-5-11)8-6-9(12)10(2,3)13-8/h4,8-9,11-12H,5-6H2,1-3H3/b7-4+/t8-,9+/m1/s1. The van der Waals surface area contributed by atoms with Gasteiger partial charge in [-0.05, 0) is 26.3 Å². The Hall–Kier alpha value is -0.380. The van der Waals surface area contributed by atoms with E-state index in [9.17, 15) is 5.11 Å². The molecule has 0 unspecified atom stereocenters. The fourth-order valence-corrected chi connectivity index (χ4v) is 1.53. The number of ether oxygens (including phenoxy) is 1. The molecule has 0 aromatic rings. The normalized spacial score (nSPS) is 33.8. The highest BCUT2D eigenvalue weighted by atomic mass is 16.5. The van der Waals surface area contributed by atoms with Gasteiger partial charge in [0.25, 0.3) is 0 Å². The van der Waals surface area contributed by atoms with E-state index in [1.807, 2.05) is 20.8 Å². The molecule has 1 aliphatic heterocycles. The van der Waals surface area contributed by atoms with E-state index in [-0.39, 0.29) is 12.7 Å². The van der Waals surface area contributed by atoms with Crippen LogP contribution >= 0.6 is 0 Å². The highest BCUT2D eigenvalue weighted by Crippen LogP contribution is 2.33. The van der Waals surface area contributed by atoms with Crippen molar-refractivity contribution in [1.82, 2.24) is 0 Å². The molecule has 1 heterocycles. The summed E-state index contributed by atoms with van der Waals surface area (Å²) in [6.07, 6.45) is 1.88. The second-order valence-corrected chi connectivity index (χ2v) is 4.09. The van der Waals surface area contributed by atoms with Crippen LogP contribution in [0.5, 0.6) is 0 Å². The third-order valence-corrected chi connectivity index (χ3v) is 2.61. The lowest BCUT2D eigenvalue weighted by molar-refractivity contribution is -0.0472. The molecule has 2 atom stereocenters. The third kappa shape index (κ3) is 2.30. The molecule has 13 heavy (non-hydrogen) atoms. The Kier molecular flexibility index (Phi) is 3.11. The second kappa shape index (κ2) is 3.78. The second-order valence-electron chi connectivity index (χ2n) is 4.09. The van der Waals surface area contributed by atoms with Crippen LogP contribution in [0.4, 0.5) is 0 Å². The molecule has 1 saturated heterocycles. The van der Waals surface area contributed by atoms with Crippen molar-refractivity contribution in [2.24, 2.45) is 0 Å². The number of aliphatic hydroxyl groups is 2. The summed E-state index contributed by atoms with van der Waals surface area (Å²) in [5, 5.41) is 18.3. The zero-order chi connectivity index (χ0) is 10.1. The zero-order valence-electron chi connectivity index (χ0n) is 8.45. The van der Waals surface area contributed by atoms with Crippen molar-refractivity contribution < 1.29 is 14.9 Å². The first-order chi connectivity index (χ1) is 5.97. The summed E-state index contributed by atoms with van der Waals surface area (Å²) in [5.41, 5.74) is 0.530. The molecule has 0 spiro atoms. The van der Waals surface area contributed by atoms with Crippen molar-refractivity contribution in [3.05, 3.63) is 11.6 Å². The molecule has 3 nitrogen and oxygen atoms in total. The first kappa shape index (κ1) is 10.7. The van der Waals surface area contributed by atoms with E-state index in [0.717, 1.165) is 5.57 Å². The molecule has 0 aromatic carbocycles. The van der Waals surface area contributed by atoms with Gasteiger partial charge in [-0.1, -0.05) is 6.08 Å². The van der Waals surface area contributed by atoms with Gasteiger partial charge >= 0.3 is 0 Å². The van der Waals surface area contributed by atoms with Crippen LogP contribution in [-0.2, 0) is 4.74 Å². The fraction of sp³-hybridized carbons (Fsp3) is 0.800. The lowest BCUT2D eigenvalue weighted by atomic mass is 9.99. The van der Waals surface area contributed by atoms with Crippen LogP contribution in [-0.4, -0.2) is 34.6 Å². The molecular weight excluding hydrogens is 168 g/mol. The Morgan fingerprint density at radius 3 is 2.62 bits per heavy atom. The number of rotatable bonds is 2. The Labute approximate surface area is 79.0 Å². The molecule has 0 amide bonds. The molecule has 76 valence electrons. The summed E-state index contributed by atoms with van der Waals surface area (Å²) in [6, 6.07) is 0. The first-order valence-electron chi connectivity index (χ1n) is 4.61. The molecule has 0 saturated carbocycles. The maximum atomic E-state index is 9.63. The largest absolute Gasteiger partial charge is 0.392 e. The first-order valence-corrected chi connectivity index (χ1v) is 4.61. The van der Waals surface area contributed by atoms with E-state index >= 15 is 0 Å². The van der Waals surface area contributed by atoms with E-state index in [1.165, 1.54) is 0 Å². The highest BCUT2D eigenvalue weighted by Gasteiger charge is 2.40. The number of aliphatic hydroxyl groups excluding tert-OH is 2. The summed E-state index contributed by atoms with van der Waals surface area (Å²) in [5.74, 6) is 0. The predicted octanol–water partition coefficient (Wildman–Crippen LogP) is 0.853. The molecule has 3 heteroatoms. The minimum absolute atomic E-state index is 0.0300. The molecule has 0 aliphatic carbocycles. The monoisotopic (exact) mass is 186 g/mol. The topological polar surface area (TPSA) is 49.7 Å². The van der Waals surface area contributed by atoms with Crippen LogP contribution in [0.1, 0.15) is 27.2 Å². The van der Waals surface area contributed by atoms with Gasteiger partial charge in [0.15, 0.2) is 0 Å².